The Hall–Kier alpha value is -1.60. The highest BCUT2D eigenvalue weighted by Gasteiger charge is 2.21. The fourth-order valence-corrected chi connectivity index (χ4v) is 2.29. The average Bonchev–Trinajstić information content (AvgIpc) is 2.31. The number of anilines is 1. The van der Waals surface area contributed by atoms with Crippen molar-refractivity contribution in [2.24, 2.45) is 5.73 Å². The molecule has 0 unspecified atom stereocenters. The lowest BCUT2D eigenvalue weighted by atomic mass is 9.91. The minimum absolute atomic E-state index is 0.109. The van der Waals surface area contributed by atoms with Crippen LogP contribution >= 0.6 is 0 Å². The van der Waals surface area contributed by atoms with Crippen LogP contribution in [0.3, 0.4) is 0 Å². The van der Waals surface area contributed by atoms with Crippen molar-refractivity contribution in [1.82, 2.24) is 0 Å². The van der Waals surface area contributed by atoms with Crippen LogP contribution in [-0.2, 0) is 0 Å². The molecule has 1 aliphatic rings. The van der Waals surface area contributed by atoms with Gasteiger partial charge in [0.05, 0.1) is 11.6 Å². The predicted molar refractivity (Wildman–Crippen MR) is 65.0 cm³/mol. The molecule has 17 heavy (non-hydrogen) atoms. The van der Waals surface area contributed by atoms with Crippen LogP contribution in [0, 0.1) is 17.1 Å². The molecule has 3 nitrogen and oxygen atoms in total. The number of hydrogen-bond donors (Lipinski definition) is 2. The van der Waals surface area contributed by atoms with E-state index in [4.69, 9.17) is 11.0 Å². The van der Waals surface area contributed by atoms with Gasteiger partial charge in [0.2, 0.25) is 0 Å². The molecule has 1 aromatic rings. The summed E-state index contributed by atoms with van der Waals surface area (Å²) in [5.74, 6) is -0.393. The van der Waals surface area contributed by atoms with Crippen LogP contribution in [0.4, 0.5) is 10.1 Å². The van der Waals surface area contributed by atoms with E-state index in [2.05, 4.69) is 5.32 Å². The fourth-order valence-electron chi connectivity index (χ4n) is 2.29. The van der Waals surface area contributed by atoms with E-state index in [1.54, 1.807) is 6.07 Å². The van der Waals surface area contributed by atoms with Crippen molar-refractivity contribution in [2.75, 3.05) is 5.32 Å². The molecule has 1 aromatic carbocycles. The van der Waals surface area contributed by atoms with Gasteiger partial charge < -0.3 is 11.1 Å². The molecule has 0 saturated heterocycles. The number of nitrogens with zero attached hydrogens (tertiary/aromatic N) is 1. The number of halogens is 1. The zero-order valence-electron chi connectivity index (χ0n) is 9.62. The monoisotopic (exact) mass is 233 g/mol. The van der Waals surface area contributed by atoms with Gasteiger partial charge in [-0.05, 0) is 31.0 Å². The Morgan fingerprint density at radius 2 is 2.06 bits per heavy atom. The topological polar surface area (TPSA) is 61.8 Å². The van der Waals surface area contributed by atoms with Crippen LogP contribution < -0.4 is 11.1 Å². The predicted octanol–water partition coefficient (Wildman–Crippen LogP) is 2.38. The smallest absolute Gasteiger partial charge is 0.126 e. The first-order valence-corrected chi connectivity index (χ1v) is 5.92. The minimum atomic E-state index is -0.393. The molecule has 0 aromatic heterocycles. The Balaban J connectivity index is 2.12. The first kappa shape index (κ1) is 11.9. The number of rotatable bonds is 2. The normalized spacial score (nSPS) is 24.1. The Morgan fingerprint density at radius 3 is 2.76 bits per heavy atom. The van der Waals surface area contributed by atoms with Gasteiger partial charge in [0.1, 0.15) is 5.82 Å². The Kier molecular flexibility index (Phi) is 3.60. The van der Waals surface area contributed by atoms with Crippen LogP contribution in [-0.4, -0.2) is 12.1 Å². The van der Waals surface area contributed by atoms with Crippen molar-refractivity contribution >= 4 is 5.69 Å². The Labute approximate surface area is 100 Å². The maximum absolute atomic E-state index is 13.2. The quantitative estimate of drug-likeness (QED) is 0.824. The van der Waals surface area contributed by atoms with Crippen LogP contribution in [0.25, 0.3) is 0 Å². The lowest BCUT2D eigenvalue weighted by Gasteiger charge is -2.30. The van der Waals surface area contributed by atoms with Gasteiger partial charge in [0.25, 0.3) is 0 Å². The number of benzene rings is 1. The number of hydrogen-bond acceptors (Lipinski definition) is 3. The van der Waals surface area contributed by atoms with E-state index in [1.807, 2.05) is 6.07 Å². The first-order valence-electron chi connectivity index (χ1n) is 5.92. The molecule has 2 atom stereocenters. The maximum Gasteiger partial charge on any atom is 0.126 e. The highest BCUT2D eigenvalue weighted by molar-refractivity contribution is 5.50. The molecule has 1 aliphatic carbocycles. The van der Waals surface area contributed by atoms with Crippen molar-refractivity contribution in [3.8, 4) is 6.07 Å². The molecule has 0 spiro atoms. The number of nitrogens with two attached hydrogens (primary N) is 1. The van der Waals surface area contributed by atoms with Crippen molar-refractivity contribution in [3.05, 3.63) is 29.6 Å². The summed E-state index contributed by atoms with van der Waals surface area (Å²) >= 11 is 0. The molecule has 2 rings (SSSR count). The third-order valence-electron chi connectivity index (χ3n) is 3.20. The summed E-state index contributed by atoms with van der Waals surface area (Å²) in [6, 6.07) is 6.52. The molecule has 0 bridgehead atoms. The molecule has 1 saturated carbocycles. The van der Waals surface area contributed by atoms with Crippen LogP contribution in [0.5, 0.6) is 0 Å². The van der Waals surface area contributed by atoms with E-state index in [0.29, 0.717) is 11.3 Å². The summed E-state index contributed by atoms with van der Waals surface area (Å²) in [6.07, 6.45) is 4.30. The summed E-state index contributed by atoms with van der Waals surface area (Å²) in [5.41, 5.74) is 6.99. The zero-order valence-corrected chi connectivity index (χ0v) is 9.62. The molecule has 4 heteroatoms. The first-order chi connectivity index (χ1) is 8.19. The third kappa shape index (κ3) is 2.95. The zero-order chi connectivity index (χ0) is 12.3. The molecule has 0 aliphatic heterocycles. The number of nitrogens with one attached hydrogen (secondary N) is 1. The van der Waals surface area contributed by atoms with Gasteiger partial charge in [-0.3, -0.25) is 0 Å². The SMILES string of the molecule is N#Cc1cc(F)cc(N[C@@H]2CCCC[C@H]2N)c1. The highest BCUT2D eigenvalue weighted by Crippen LogP contribution is 2.22. The molecule has 90 valence electrons. The molecule has 0 radical (unpaired) electrons. The van der Waals surface area contributed by atoms with Gasteiger partial charge in [0.15, 0.2) is 0 Å². The van der Waals surface area contributed by atoms with E-state index in [0.717, 1.165) is 25.7 Å². The second-order valence-electron chi connectivity index (χ2n) is 4.54. The van der Waals surface area contributed by atoms with Crippen molar-refractivity contribution in [3.63, 3.8) is 0 Å². The van der Waals surface area contributed by atoms with Gasteiger partial charge in [-0.25, -0.2) is 4.39 Å². The van der Waals surface area contributed by atoms with E-state index in [1.165, 1.54) is 12.1 Å². The maximum atomic E-state index is 13.2. The lowest BCUT2D eigenvalue weighted by molar-refractivity contribution is 0.404. The van der Waals surface area contributed by atoms with Gasteiger partial charge >= 0.3 is 0 Å². The number of nitriles is 1. The van der Waals surface area contributed by atoms with Gasteiger partial charge in [-0.1, -0.05) is 12.8 Å². The summed E-state index contributed by atoms with van der Waals surface area (Å²) in [6.45, 7) is 0. The summed E-state index contributed by atoms with van der Waals surface area (Å²) in [5, 5.41) is 12.0. The second kappa shape index (κ2) is 5.15. The van der Waals surface area contributed by atoms with Gasteiger partial charge in [-0.15, -0.1) is 0 Å². The summed E-state index contributed by atoms with van der Waals surface area (Å²) in [4.78, 5) is 0. The Morgan fingerprint density at radius 1 is 1.29 bits per heavy atom. The molecule has 0 amide bonds. The van der Waals surface area contributed by atoms with E-state index in [-0.39, 0.29) is 12.1 Å². The third-order valence-corrected chi connectivity index (χ3v) is 3.20. The van der Waals surface area contributed by atoms with Gasteiger partial charge in [-0.2, -0.15) is 5.26 Å². The van der Waals surface area contributed by atoms with E-state index in [9.17, 15) is 4.39 Å². The molecular weight excluding hydrogens is 217 g/mol. The van der Waals surface area contributed by atoms with E-state index >= 15 is 0 Å². The summed E-state index contributed by atoms with van der Waals surface area (Å²) < 4.78 is 13.2. The standard InChI is InChI=1S/C13H16FN3/c14-10-5-9(8-15)6-11(7-10)17-13-4-2-1-3-12(13)16/h5-7,12-13,17H,1-4,16H2/t12-,13-/m1/s1. The summed E-state index contributed by atoms with van der Waals surface area (Å²) in [7, 11) is 0. The molecular formula is C13H16FN3. The highest BCUT2D eigenvalue weighted by atomic mass is 19.1. The fraction of sp³-hybridized carbons (Fsp3) is 0.462. The van der Waals surface area contributed by atoms with Crippen LogP contribution in [0.2, 0.25) is 0 Å². The molecule has 3 N–H and O–H groups in total. The van der Waals surface area contributed by atoms with Crippen molar-refractivity contribution < 1.29 is 4.39 Å². The lowest BCUT2D eigenvalue weighted by Crippen LogP contribution is -2.42. The van der Waals surface area contributed by atoms with E-state index < -0.39 is 5.82 Å². The van der Waals surface area contributed by atoms with Crippen molar-refractivity contribution in [2.45, 2.75) is 37.8 Å². The van der Waals surface area contributed by atoms with Crippen molar-refractivity contribution in [1.29, 1.82) is 5.26 Å². The average molecular weight is 233 g/mol. The minimum Gasteiger partial charge on any atom is -0.381 e. The molecule has 0 heterocycles. The van der Waals surface area contributed by atoms with Gasteiger partial charge in [0, 0.05) is 17.8 Å². The molecule has 1 fully saturated rings. The largest absolute Gasteiger partial charge is 0.381 e. The van der Waals surface area contributed by atoms with Crippen LogP contribution in [0.1, 0.15) is 31.2 Å². The second-order valence-corrected chi connectivity index (χ2v) is 4.54. The van der Waals surface area contributed by atoms with Crippen LogP contribution in [0.15, 0.2) is 18.2 Å². The Bertz CT molecular complexity index is 439.